The number of imidazole rings is 1. The number of nitrogens with one attached hydrogen (secondary N) is 1. The fourth-order valence-corrected chi connectivity index (χ4v) is 8.48. The molecule has 238 valence electrons. The Hall–Kier alpha value is -3.35. The zero-order chi connectivity index (χ0) is 31.6. The lowest BCUT2D eigenvalue weighted by Crippen LogP contribution is -2.48. The summed E-state index contributed by atoms with van der Waals surface area (Å²) in [6, 6.07) is 9.18. The zero-order valence-corrected chi connectivity index (χ0v) is 27.2. The first kappa shape index (κ1) is 30.0. The maximum absolute atomic E-state index is 14.4. The van der Waals surface area contributed by atoms with Crippen LogP contribution in [0.5, 0.6) is 0 Å². The molecule has 3 aromatic heterocycles. The summed E-state index contributed by atoms with van der Waals surface area (Å²) in [5.74, 6) is -0.399. The van der Waals surface area contributed by atoms with Gasteiger partial charge in [-0.1, -0.05) is 47.5 Å². The van der Waals surface area contributed by atoms with E-state index < -0.39 is 18.1 Å². The SMILES string of the molecule is O=C(Nc1nccs1)[C@@H](c1ncn2c1C[C@@H](F)C2)n1cc2c(Cl)cc(-c3ccc(CN4CCC5(CC4)CC(O)C5)cc3)c(Cl)c2n1. The highest BCUT2D eigenvalue weighted by atomic mass is 35.5. The molecule has 46 heavy (non-hydrogen) atoms. The van der Waals surface area contributed by atoms with Crippen molar-refractivity contribution < 1.29 is 14.3 Å². The molecule has 2 fully saturated rings. The number of halogens is 3. The van der Waals surface area contributed by atoms with Crippen LogP contribution in [0.15, 0.2) is 54.4 Å². The monoisotopic (exact) mass is 679 g/mol. The summed E-state index contributed by atoms with van der Waals surface area (Å²) in [6.07, 6.45) is 8.10. The maximum atomic E-state index is 14.4. The Morgan fingerprint density at radius 3 is 2.67 bits per heavy atom. The molecule has 2 aromatic carbocycles. The lowest BCUT2D eigenvalue weighted by molar-refractivity contribution is -0.118. The molecule has 1 aliphatic carbocycles. The molecule has 2 N–H and O–H groups in total. The van der Waals surface area contributed by atoms with Crippen LogP contribution in [-0.2, 0) is 24.3 Å². The molecule has 3 aliphatic rings. The highest BCUT2D eigenvalue weighted by Crippen LogP contribution is 2.49. The van der Waals surface area contributed by atoms with Crippen LogP contribution in [0.4, 0.5) is 9.52 Å². The van der Waals surface area contributed by atoms with Crippen LogP contribution in [0, 0.1) is 5.41 Å². The average molecular weight is 681 g/mol. The predicted molar refractivity (Wildman–Crippen MR) is 177 cm³/mol. The van der Waals surface area contributed by atoms with Gasteiger partial charge in [0.15, 0.2) is 11.2 Å². The first-order chi connectivity index (χ1) is 22.2. The number of carbonyl (C=O) groups is 1. The molecule has 0 unspecified atom stereocenters. The Morgan fingerprint density at radius 2 is 1.96 bits per heavy atom. The van der Waals surface area contributed by atoms with E-state index in [-0.39, 0.29) is 19.1 Å². The number of carbonyl (C=O) groups excluding carboxylic acids is 1. The Labute approximate surface area is 279 Å². The van der Waals surface area contributed by atoms with Gasteiger partial charge in [-0.2, -0.15) is 5.10 Å². The van der Waals surface area contributed by atoms with Crippen molar-refractivity contribution in [1.82, 2.24) is 29.2 Å². The number of thiazole rings is 1. The highest BCUT2D eigenvalue weighted by molar-refractivity contribution is 7.13. The van der Waals surface area contributed by atoms with Crippen LogP contribution in [0.3, 0.4) is 0 Å². The third-order valence-electron chi connectivity index (χ3n) is 9.85. The van der Waals surface area contributed by atoms with Gasteiger partial charge in [-0.05, 0) is 61.4 Å². The molecule has 5 aromatic rings. The molecule has 5 heterocycles. The minimum atomic E-state index is -1.04. The number of anilines is 1. The number of amides is 1. The summed E-state index contributed by atoms with van der Waals surface area (Å²) in [7, 11) is 0. The molecule has 0 bridgehead atoms. The number of aromatic nitrogens is 5. The topological polar surface area (TPSA) is 101 Å². The summed E-state index contributed by atoms with van der Waals surface area (Å²) in [5.41, 5.74) is 4.79. The van der Waals surface area contributed by atoms with Crippen LogP contribution in [0.2, 0.25) is 10.0 Å². The standard InChI is InChI=1S/C33H32Cl2FN7O2S/c34-25-12-23(20-3-1-19(2-4-20)15-41-8-5-33(6-9-41)13-22(44)14-33)27(35)28-24(25)17-43(40-28)30(31(45)39-32-37-7-10-46-32)29-26-11-21(36)16-42(26)18-38-29/h1-4,7,10,12,17-18,21-22,30,44H,5-6,8-9,11,13-16H2,(H,37,39,45)/t21-,30-/m1/s1. The number of aliphatic hydroxyl groups is 1. The average Bonchev–Trinajstić information content (AvgIpc) is 3.83. The number of aliphatic hydroxyl groups excluding tert-OH is 1. The van der Waals surface area contributed by atoms with Crippen LogP contribution in [0.1, 0.15) is 48.7 Å². The largest absolute Gasteiger partial charge is 0.393 e. The van der Waals surface area contributed by atoms with E-state index in [2.05, 4.69) is 44.5 Å². The van der Waals surface area contributed by atoms with E-state index in [1.54, 1.807) is 28.7 Å². The van der Waals surface area contributed by atoms with E-state index in [9.17, 15) is 14.3 Å². The number of rotatable bonds is 7. The fraction of sp³-hybridized carbons (Fsp3) is 0.394. The zero-order valence-electron chi connectivity index (χ0n) is 24.9. The number of hydrogen-bond donors (Lipinski definition) is 2. The first-order valence-corrected chi connectivity index (χ1v) is 17.1. The third-order valence-corrected chi connectivity index (χ3v) is 11.2. The lowest BCUT2D eigenvalue weighted by atomic mass is 9.61. The van der Waals surface area contributed by atoms with Gasteiger partial charge in [0.2, 0.25) is 0 Å². The van der Waals surface area contributed by atoms with Crippen molar-refractivity contribution in [1.29, 1.82) is 0 Å². The summed E-state index contributed by atoms with van der Waals surface area (Å²) < 4.78 is 17.6. The molecule has 1 saturated carbocycles. The van der Waals surface area contributed by atoms with Crippen molar-refractivity contribution >= 4 is 56.5 Å². The summed E-state index contributed by atoms with van der Waals surface area (Å²) in [6.45, 7) is 3.18. The number of piperidine rings is 1. The van der Waals surface area contributed by atoms with Crippen LogP contribution in [-0.4, -0.2) is 65.6 Å². The van der Waals surface area contributed by atoms with Gasteiger partial charge in [0.25, 0.3) is 5.91 Å². The number of fused-ring (bicyclic) bond motifs is 2. The Balaban J connectivity index is 1.07. The molecule has 9 nitrogen and oxygen atoms in total. The second-order valence-electron chi connectivity index (χ2n) is 12.9. The van der Waals surface area contributed by atoms with Gasteiger partial charge in [0, 0.05) is 47.4 Å². The van der Waals surface area contributed by atoms with Crippen LogP contribution in [0.25, 0.3) is 22.0 Å². The molecular weight excluding hydrogens is 648 g/mol. The minimum absolute atomic E-state index is 0.106. The molecule has 1 spiro atoms. The van der Waals surface area contributed by atoms with Gasteiger partial charge in [-0.3, -0.25) is 19.7 Å². The van der Waals surface area contributed by atoms with Gasteiger partial charge < -0.3 is 9.67 Å². The quantitative estimate of drug-likeness (QED) is 0.203. The van der Waals surface area contributed by atoms with Crippen molar-refractivity contribution in [2.24, 2.45) is 5.41 Å². The predicted octanol–water partition coefficient (Wildman–Crippen LogP) is 6.52. The second kappa shape index (κ2) is 11.7. The summed E-state index contributed by atoms with van der Waals surface area (Å²) in [4.78, 5) is 24.9. The van der Waals surface area contributed by atoms with Gasteiger partial charge in [0.1, 0.15) is 11.7 Å². The van der Waals surface area contributed by atoms with Crippen molar-refractivity contribution in [3.05, 3.63) is 81.4 Å². The van der Waals surface area contributed by atoms with Crippen molar-refractivity contribution in [3.63, 3.8) is 0 Å². The Bertz CT molecular complexity index is 1910. The van der Waals surface area contributed by atoms with Crippen LogP contribution >= 0.6 is 34.5 Å². The Kier molecular flexibility index (Phi) is 7.64. The Morgan fingerprint density at radius 1 is 1.17 bits per heavy atom. The smallest absolute Gasteiger partial charge is 0.257 e. The number of likely N-dealkylation sites (tertiary alicyclic amines) is 1. The van der Waals surface area contributed by atoms with Gasteiger partial charge in [-0.15, -0.1) is 11.3 Å². The molecule has 2 aliphatic heterocycles. The third kappa shape index (κ3) is 5.41. The molecule has 2 atom stereocenters. The second-order valence-corrected chi connectivity index (χ2v) is 14.6. The number of nitrogens with zero attached hydrogens (tertiary/aromatic N) is 6. The van der Waals surface area contributed by atoms with E-state index in [4.69, 9.17) is 28.3 Å². The van der Waals surface area contributed by atoms with Crippen molar-refractivity contribution in [3.8, 4) is 11.1 Å². The normalized spacial score (nSPS) is 20.2. The van der Waals surface area contributed by atoms with E-state index in [0.29, 0.717) is 42.9 Å². The van der Waals surface area contributed by atoms with Gasteiger partial charge >= 0.3 is 0 Å². The molecule has 8 rings (SSSR count). The fourth-order valence-electron chi connectivity index (χ4n) is 7.39. The summed E-state index contributed by atoms with van der Waals surface area (Å²) in [5, 5.41) is 21.1. The highest BCUT2D eigenvalue weighted by Gasteiger charge is 2.45. The number of hydrogen-bond acceptors (Lipinski definition) is 7. The summed E-state index contributed by atoms with van der Waals surface area (Å²) >= 11 is 15.1. The van der Waals surface area contributed by atoms with E-state index in [1.807, 2.05) is 6.07 Å². The number of alkyl halides is 1. The maximum Gasteiger partial charge on any atom is 0.257 e. The molecular formula is C33H32Cl2FN7O2S. The number of benzene rings is 2. The molecule has 0 radical (unpaired) electrons. The van der Waals surface area contributed by atoms with Crippen molar-refractivity contribution in [2.45, 2.75) is 63.5 Å². The lowest BCUT2D eigenvalue weighted by Gasteiger charge is -2.50. The van der Waals surface area contributed by atoms with Gasteiger partial charge in [0.05, 0.1) is 34.7 Å². The molecule has 13 heteroatoms. The van der Waals surface area contributed by atoms with E-state index >= 15 is 0 Å². The van der Waals surface area contributed by atoms with Gasteiger partial charge in [-0.25, -0.2) is 14.4 Å². The minimum Gasteiger partial charge on any atom is -0.393 e. The van der Waals surface area contributed by atoms with E-state index in [0.717, 1.165) is 56.4 Å². The van der Waals surface area contributed by atoms with E-state index in [1.165, 1.54) is 21.6 Å². The van der Waals surface area contributed by atoms with Crippen LogP contribution < -0.4 is 5.32 Å². The first-order valence-electron chi connectivity index (χ1n) is 15.5. The van der Waals surface area contributed by atoms with Crippen molar-refractivity contribution in [2.75, 3.05) is 18.4 Å². The molecule has 1 amide bonds. The molecule has 1 saturated heterocycles.